The molecular weight excluding hydrogens is 370 g/mol. The van der Waals surface area contributed by atoms with Gasteiger partial charge in [-0.05, 0) is 43.4 Å². The molecule has 6 heteroatoms. The Morgan fingerprint density at radius 1 is 1.28 bits per heavy atom. The number of ketones is 2. The first-order chi connectivity index (χ1) is 13.9. The molecule has 0 saturated carbocycles. The molecule has 0 bridgehead atoms. The second-order valence-electron chi connectivity index (χ2n) is 7.55. The minimum atomic E-state index is -0.551. The molecule has 0 fully saturated rings. The molecule has 0 spiro atoms. The summed E-state index contributed by atoms with van der Waals surface area (Å²) in [5, 5.41) is 19.5. The minimum Gasteiger partial charge on any atom is -0.664 e. The molecule has 6 nitrogen and oxygen atoms in total. The fourth-order valence-corrected chi connectivity index (χ4v) is 3.87. The number of rotatable bonds is 9. The number of fused-ring (bicyclic) bond motifs is 1. The van der Waals surface area contributed by atoms with E-state index in [1.807, 2.05) is 18.2 Å². The fraction of sp³-hybridized carbons (Fsp3) is 0.391. The van der Waals surface area contributed by atoms with Crippen LogP contribution in [0.4, 0.5) is 0 Å². The largest absolute Gasteiger partial charge is 0.664 e. The molecule has 1 heterocycles. The molecule has 154 valence electrons. The van der Waals surface area contributed by atoms with Gasteiger partial charge in [0.05, 0.1) is 19.6 Å². The van der Waals surface area contributed by atoms with E-state index in [0.29, 0.717) is 18.6 Å². The third kappa shape index (κ3) is 4.95. The van der Waals surface area contributed by atoms with Crippen molar-refractivity contribution in [2.45, 2.75) is 44.6 Å². The van der Waals surface area contributed by atoms with Crippen LogP contribution < -0.4 is 9.72 Å². The van der Waals surface area contributed by atoms with Crippen LogP contribution in [0.5, 0.6) is 11.5 Å². The van der Waals surface area contributed by atoms with Gasteiger partial charge in [-0.1, -0.05) is 29.8 Å². The molecule has 0 radical (unpaired) electrons. The lowest BCUT2D eigenvalue weighted by Crippen LogP contribution is -2.27. The van der Waals surface area contributed by atoms with E-state index < -0.39 is 12.0 Å². The van der Waals surface area contributed by atoms with E-state index in [2.05, 4.69) is 4.98 Å². The number of aliphatic hydroxyl groups excluding tert-OH is 1. The summed E-state index contributed by atoms with van der Waals surface area (Å²) < 4.78 is 5.08. The minimum absolute atomic E-state index is 0.0485. The number of aromatic hydroxyl groups is 1. The Balaban J connectivity index is 1.62. The van der Waals surface area contributed by atoms with Gasteiger partial charge in [-0.3, -0.25) is 9.59 Å². The third-order valence-corrected chi connectivity index (χ3v) is 5.33. The smallest absolute Gasteiger partial charge is 0.160 e. The second kappa shape index (κ2) is 9.09. The van der Waals surface area contributed by atoms with Crippen molar-refractivity contribution in [2.24, 2.45) is 5.92 Å². The Labute approximate surface area is 170 Å². The summed E-state index contributed by atoms with van der Waals surface area (Å²) in [7, 11) is 1.47. The molecule has 1 aromatic heterocycles. The van der Waals surface area contributed by atoms with Crippen LogP contribution in [0.15, 0.2) is 36.5 Å². The average molecular weight is 396 g/mol. The van der Waals surface area contributed by atoms with Gasteiger partial charge in [0.2, 0.25) is 0 Å². The molecule has 0 saturated heterocycles. The number of Topliss-reactive ketones (excluding diaryl/α,β-unsaturated/α-hetero) is 2. The van der Waals surface area contributed by atoms with E-state index in [4.69, 9.17) is 4.74 Å². The lowest BCUT2D eigenvalue weighted by Gasteiger charge is -2.30. The number of aromatic nitrogens is 1. The lowest BCUT2D eigenvalue weighted by molar-refractivity contribution is -0.128. The van der Waals surface area contributed by atoms with Crippen molar-refractivity contribution in [3.8, 4) is 11.5 Å². The zero-order valence-corrected chi connectivity index (χ0v) is 16.7. The van der Waals surface area contributed by atoms with E-state index in [0.717, 1.165) is 16.8 Å². The van der Waals surface area contributed by atoms with Crippen molar-refractivity contribution in [1.82, 2.24) is 4.98 Å². The van der Waals surface area contributed by atoms with Gasteiger partial charge < -0.3 is 19.9 Å². The van der Waals surface area contributed by atoms with Gasteiger partial charge in [0.15, 0.2) is 11.5 Å². The maximum Gasteiger partial charge on any atom is 0.160 e. The van der Waals surface area contributed by atoms with Crippen LogP contribution in [0.3, 0.4) is 0 Å². The fourth-order valence-electron chi connectivity index (χ4n) is 3.87. The van der Waals surface area contributed by atoms with E-state index in [1.165, 1.54) is 13.2 Å². The predicted octanol–water partition coefficient (Wildman–Crippen LogP) is 3.02. The van der Waals surface area contributed by atoms with Gasteiger partial charge in [-0.25, -0.2) is 0 Å². The number of nitrogens with zero attached hydrogens (tertiary/aromatic N) is 1. The summed E-state index contributed by atoms with van der Waals surface area (Å²) in [6.45, 7) is 1.70. The summed E-state index contributed by atoms with van der Waals surface area (Å²) in [4.78, 5) is 29.6. The van der Waals surface area contributed by atoms with Crippen LogP contribution in [0.1, 0.15) is 48.9 Å². The van der Waals surface area contributed by atoms with Gasteiger partial charge in [-0.15, -0.1) is 5.69 Å². The molecule has 0 aliphatic heterocycles. The average Bonchev–Trinajstić information content (AvgIpc) is 3.16. The maximum absolute atomic E-state index is 12.9. The molecule has 1 aromatic carbocycles. The number of aryl methyl sites for hydroxylation is 1. The van der Waals surface area contributed by atoms with Gasteiger partial charge in [0, 0.05) is 12.3 Å². The molecule has 1 aliphatic rings. The number of benzene rings is 1. The highest BCUT2D eigenvalue weighted by Gasteiger charge is 2.31. The zero-order chi connectivity index (χ0) is 21.0. The molecule has 3 atom stereocenters. The van der Waals surface area contributed by atoms with E-state index in [-0.39, 0.29) is 36.1 Å². The maximum atomic E-state index is 12.9. The molecule has 3 unspecified atom stereocenters. The van der Waals surface area contributed by atoms with Crippen LogP contribution in [0.2, 0.25) is 0 Å². The van der Waals surface area contributed by atoms with Crippen molar-refractivity contribution >= 4 is 17.6 Å². The van der Waals surface area contributed by atoms with E-state index in [9.17, 15) is 19.8 Å². The summed E-state index contributed by atoms with van der Waals surface area (Å²) in [6, 6.07) is 6.84. The molecule has 3 rings (SSSR count). The number of carbonyl (C=O) groups excluding carboxylic acids is 2. The summed E-state index contributed by atoms with van der Waals surface area (Å²) in [6.07, 6.45) is 5.80. The first-order valence-electron chi connectivity index (χ1n) is 9.77. The van der Waals surface area contributed by atoms with Gasteiger partial charge in [0.1, 0.15) is 11.6 Å². The Morgan fingerprint density at radius 2 is 2.07 bits per heavy atom. The standard InChI is InChI=1S/C23H26NO5/c1-14(25)11-19-17-9-10-24-20(17)7-6-18(19)22(28)13-16(26)5-3-15-4-8-21(27)23(12-15)29-2/h4,6-10,12,14,18-19,25,27H,3,5,11,13H2,1-2H3/q-1. The van der Waals surface area contributed by atoms with Gasteiger partial charge in [0.25, 0.3) is 0 Å². The highest BCUT2D eigenvalue weighted by Crippen LogP contribution is 2.38. The van der Waals surface area contributed by atoms with Crippen molar-refractivity contribution in [1.29, 1.82) is 0 Å². The summed E-state index contributed by atoms with van der Waals surface area (Å²) >= 11 is 0. The monoisotopic (exact) mass is 396 g/mol. The van der Waals surface area contributed by atoms with Crippen molar-refractivity contribution in [2.75, 3.05) is 7.11 Å². The highest BCUT2D eigenvalue weighted by atomic mass is 16.5. The summed E-state index contributed by atoms with van der Waals surface area (Å²) in [5.74, 6) is -0.450. The number of hydrogen-bond acceptors (Lipinski definition) is 5. The van der Waals surface area contributed by atoms with Crippen LogP contribution in [0.25, 0.3) is 6.08 Å². The van der Waals surface area contributed by atoms with Crippen LogP contribution in [-0.2, 0) is 16.0 Å². The Hall–Kier alpha value is -2.86. The molecule has 2 aromatic rings. The SMILES string of the molecule is COc1cc(CCC(=O)CC(=O)C2C=Cc3[n-]ccc3C2CC(C)O)ccc1O. The van der Waals surface area contributed by atoms with Crippen LogP contribution in [-0.4, -0.2) is 35.0 Å². The summed E-state index contributed by atoms with van der Waals surface area (Å²) in [5.41, 5.74) is 2.64. The Morgan fingerprint density at radius 3 is 2.79 bits per heavy atom. The first kappa shape index (κ1) is 20.9. The van der Waals surface area contributed by atoms with Gasteiger partial charge in [-0.2, -0.15) is 6.20 Å². The number of phenols is 1. The van der Waals surface area contributed by atoms with Crippen molar-refractivity contribution in [3.63, 3.8) is 0 Å². The second-order valence-corrected chi connectivity index (χ2v) is 7.55. The van der Waals surface area contributed by atoms with E-state index >= 15 is 0 Å². The molecule has 0 amide bonds. The molecule has 1 aliphatic carbocycles. The van der Waals surface area contributed by atoms with Crippen molar-refractivity contribution < 1.29 is 24.5 Å². The number of methoxy groups -OCH3 is 1. The van der Waals surface area contributed by atoms with Crippen LogP contribution in [0, 0.1) is 5.92 Å². The number of hydrogen-bond donors (Lipinski definition) is 2. The molecule has 29 heavy (non-hydrogen) atoms. The van der Waals surface area contributed by atoms with Gasteiger partial charge >= 0.3 is 0 Å². The topological polar surface area (TPSA) is 97.9 Å². The first-order valence-corrected chi connectivity index (χ1v) is 9.77. The number of aliphatic hydroxyl groups is 1. The Kier molecular flexibility index (Phi) is 6.54. The predicted molar refractivity (Wildman–Crippen MR) is 109 cm³/mol. The van der Waals surface area contributed by atoms with E-state index in [1.54, 1.807) is 25.3 Å². The number of carbonyl (C=O) groups is 2. The number of allylic oxidation sites excluding steroid dienone is 1. The lowest BCUT2D eigenvalue weighted by atomic mass is 9.75. The number of ether oxygens (including phenoxy) is 1. The Bertz CT molecular complexity index is 912. The zero-order valence-electron chi connectivity index (χ0n) is 16.7. The normalized spacial score (nSPS) is 18.9. The number of phenolic OH excluding ortho intramolecular Hbond substituents is 1. The van der Waals surface area contributed by atoms with Crippen molar-refractivity contribution in [3.05, 3.63) is 53.4 Å². The quantitative estimate of drug-likeness (QED) is 0.633. The molecular formula is C23H26NO5-. The molecule has 2 N–H and O–H groups in total. The third-order valence-electron chi connectivity index (χ3n) is 5.33. The van der Waals surface area contributed by atoms with Crippen LogP contribution >= 0.6 is 0 Å². The highest BCUT2D eigenvalue weighted by molar-refractivity contribution is 6.01.